The van der Waals surface area contributed by atoms with Crippen molar-refractivity contribution < 1.29 is 15.0 Å². The van der Waals surface area contributed by atoms with Crippen LogP contribution in [0.3, 0.4) is 0 Å². The van der Waals surface area contributed by atoms with Gasteiger partial charge in [0.1, 0.15) is 0 Å². The second-order valence-corrected chi connectivity index (χ2v) is 5.44. The number of rotatable bonds is 3. The summed E-state index contributed by atoms with van der Waals surface area (Å²) in [5.74, 6) is -1.55. The molecule has 2 aromatic heterocycles. The number of hydrogen-bond donors (Lipinski definition) is 2. The molecule has 0 aliphatic heterocycles. The maximum Gasteiger partial charge on any atom is 0.358 e. The molecule has 0 radical (unpaired) electrons. The lowest BCUT2D eigenvalue weighted by molar-refractivity contribution is 0.0687. The van der Waals surface area contributed by atoms with Crippen LogP contribution in [0.2, 0.25) is 0 Å². The molecule has 3 rings (SSSR count). The summed E-state index contributed by atoms with van der Waals surface area (Å²) >= 11 is 1.55. The van der Waals surface area contributed by atoms with Crippen molar-refractivity contribution in [3.05, 3.63) is 54.6 Å². The van der Waals surface area contributed by atoms with E-state index in [1.165, 1.54) is 6.20 Å². The minimum atomic E-state index is -1.25. The Balaban J connectivity index is 2.02. The quantitative estimate of drug-likeness (QED) is 0.772. The van der Waals surface area contributed by atoms with Crippen LogP contribution in [0.4, 0.5) is 0 Å². The zero-order valence-corrected chi connectivity index (χ0v) is 11.5. The molecule has 0 bridgehead atoms. The molecule has 104 valence electrons. The largest absolute Gasteiger partial charge is 0.505 e. The van der Waals surface area contributed by atoms with E-state index in [1.54, 1.807) is 30.2 Å². The monoisotopic (exact) mass is 298 g/mol. The van der Waals surface area contributed by atoms with Crippen molar-refractivity contribution >= 4 is 28.5 Å². The van der Waals surface area contributed by atoms with E-state index in [0.717, 1.165) is 9.79 Å². The molecule has 0 amide bonds. The van der Waals surface area contributed by atoms with Crippen molar-refractivity contribution in [1.29, 1.82) is 0 Å². The third-order valence-corrected chi connectivity index (χ3v) is 3.92. The lowest BCUT2D eigenvalue weighted by atomic mass is 10.1. The van der Waals surface area contributed by atoms with Crippen LogP contribution in [0, 0.1) is 0 Å². The second kappa shape index (κ2) is 5.41. The van der Waals surface area contributed by atoms with Gasteiger partial charge in [-0.2, -0.15) is 0 Å². The first-order valence-corrected chi connectivity index (χ1v) is 6.90. The maximum absolute atomic E-state index is 10.9. The highest BCUT2D eigenvalue weighted by Crippen LogP contribution is 2.33. The van der Waals surface area contributed by atoms with Crippen molar-refractivity contribution in [2.24, 2.45) is 0 Å². The van der Waals surface area contributed by atoms with Crippen molar-refractivity contribution in [3.63, 3.8) is 0 Å². The van der Waals surface area contributed by atoms with Crippen LogP contribution in [-0.4, -0.2) is 26.2 Å². The van der Waals surface area contributed by atoms with Crippen molar-refractivity contribution in [2.75, 3.05) is 0 Å². The Bertz CT molecular complexity index is 822. The molecule has 0 saturated heterocycles. The Morgan fingerprint density at radius 3 is 2.57 bits per heavy atom. The van der Waals surface area contributed by atoms with Crippen molar-refractivity contribution in [3.8, 4) is 5.75 Å². The molecule has 1 aromatic carbocycles. The van der Waals surface area contributed by atoms with Crippen LogP contribution in [0.15, 0.2) is 58.7 Å². The van der Waals surface area contributed by atoms with Crippen LogP contribution in [0.25, 0.3) is 10.8 Å². The fourth-order valence-electron chi connectivity index (χ4n) is 1.95. The number of hydrogen-bond acceptors (Lipinski definition) is 5. The average molecular weight is 298 g/mol. The molecular formula is C15H10N2O3S. The van der Waals surface area contributed by atoms with E-state index in [-0.39, 0.29) is 11.4 Å². The first-order chi connectivity index (χ1) is 10.1. The molecule has 0 aliphatic carbocycles. The van der Waals surface area contributed by atoms with Crippen LogP contribution in [-0.2, 0) is 0 Å². The van der Waals surface area contributed by atoms with Crippen molar-refractivity contribution in [1.82, 2.24) is 9.97 Å². The summed E-state index contributed by atoms with van der Waals surface area (Å²) in [6, 6.07) is 9.19. The standard InChI is InChI=1S/C15H10N2O3S/c18-14-12-2-1-11(21-10-3-5-16-6-4-10)7-9(12)8-17-13(14)15(19)20/h1-8,18H,(H,19,20). The number of carboxylic acids is 1. The summed E-state index contributed by atoms with van der Waals surface area (Å²) in [5.41, 5.74) is -0.336. The molecule has 2 N–H and O–H groups in total. The van der Waals surface area contributed by atoms with E-state index in [9.17, 15) is 9.90 Å². The number of carbonyl (C=O) groups is 1. The first-order valence-electron chi connectivity index (χ1n) is 6.08. The normalized spacial score (nSPS) is 10.7. The van der Waals surface area contributed by atoms with Crippen LogP contribution < -0.4 is 0 Å². The van der Waals surface area contributed by atoms with Gasteiger partial charge >= 0.3 is 5.97 Å². The Hall–Kier alpha value is -2.60. The lowest BCUT2D eigenvalue weighted by Gasteiger charge is -2.06. The van der Waals surface area contributed by atoms with Gasteiger partial charge in [0.25, 0.3) is 0 Å². The van der Waals surface area contributed by atoms with Crippen LogP contribution in [0.5, 0.6) is 5.75 Å². The van der Waals surface area contributed by atoms with Gasteiger partial charge in [0.2, 0.25) is 0 Å². The zero-order chi connectivity index (χ0) is 14.8. The molecule has 0 saturated carbocycles. The van der Waals surface area contributed by atoms with Gasteiger partial charge in [-0.3, -0.25) is 4.98 Å². The van der Waals surface area contributed by atoms with E-state index in [4.69, 9.17) is 5.11 Å². The number of fused-ring (bicyclic) bond motifs is 1. The van der Waals surface area contributed by atoms with Crippen LogP contribution in [0.1, 0.15) is 10.5 Å². The molecule has 0 fully saturated rings. The second-order valence-electron chi connectivity index (χ2n) is 4.29. The van der Waals surface area contributed by atoms with Gasteiger partial charge in [-0.15, -0.1) is 0 Å². The van der Waals surface area contributed by atoms with Gasteiger partial charge in [0, 0.05) is 39.2 Å². The molecule has 0 unspecified atom stereocenters. The van der Waals surface area contributed by atoms with Gasteiger partial charge < -0.3 is 10.2 Å². The Labute approximate surface area is 124 Å². The highest BCUT2D eigenvalue weighted by Gasteiger charge is 2.14. The molecule has 6 heteroatoms. The first kappa shape index (κ1) is 13.4. The van der Waals surface area contributed by atoms with E-state index in [2.05, 4.69) is 9.97 Å². The van der Waals surface area contributed by atoms with Gasteiger partial charge in [-0.25, -0.2) is 9.78 Å². The number of pyridine rings is 2. The molecular weight excluding hydrogens is 288 g/mol. The Morgan fingerprint density at radius 1 is 1.10 bits per heavy atom. The highest BCUT2D eigenvalue weighted by atomic mass is 32.2. The van der Waals surface area contributed by atoms with Crippen molar-refractivity contribution in [2.45, 2.75) is 9.79 Å². The highest BCUT2D eigenvalue weighted by molar-refractivity contribution is 7.99. The maximum atomic E-state index is 10.9. The molecule has 0 aliphatic rings. The average Bonchev–Trinajstić information content (AvgIpc) is 2.48. The number of nitrogens with zero attached hydrogens (tertiary/aromatic N) is 2. The predicted octanol–water partition coefficient (Wildman–Crippen LogP) is 3.18. The summed E-state index contributed by atoms with van der Waals surface area (Å²) in [6.45, 7) is 0. The molecule has 2 heterocycles. The molecule has 0 atom stereocenters. The molecule has 3 aromatic rings. The van der Waals surface area contributed by atoms with E-state index in [0.29, 0.717) is 10.8 Å². The van der Waals surface area contributed by atoms with E-state index >= 15 is 0 Å². The minimum Gasteiger partial charge on any atom is -0.505 e. The number of carboxylic acid groups (broad SMARTS) is 1. The summed E-state index contributed by atoms with van der Waals surface area (Å²) in [7, 11) is 0. The lowest BCUT2D eigenvalue weighted by Crippen LogP contribution is -2.00. The smallest absolute Gasteiger partial charge is 0.358 e. The van der Waals surface area contributed by atoms with E-state index in [1.807, 2.05) is 24.3 Å². The molecule has 21 heavy (non-hydrogen) atoms. The third-order valence-electron chi connectivity index (χ3n) is 2.92. The molecule has 0 spiro atoms. The summed E-state index contributed by atoms with van der Waals surface area (Å²) in [6.07, 6.45) is 4.89. The molecule has 5 nitrogen and oxygen atoms in total. The van der Waals surface area contributed by atoms with Gasteiger partial charge in [0.05, 0.1) is 0 Å². The Kier molecular flexibility index (Phi) is 3.45. The SMILES string of the molecule is O=C(O)c1ncc2cc(Sc3ccncc3)ccc2c1O. The number of aromatic carboxylic acids is 1. The summed E-state index contributed by atoms with van der Waals surface area (Å²) in [4.78, 5) is 20.7. The fourth-order valence-corrected chi connectivity index (χ4v) is 2.80. The van der Waals surface area contributed by atoms with Gasteiger partial charge in [-0.05, 0) is 30.3 Å². The number of aromatic hydroxyl groups is 1. The topological polar surface area (TPSA) is 83.3 Å². The minimum absolute atomic E-state index is 0.305. The van der Waals surface area contributed by atoms with Gasteiger partial charge in [0.15, 0.2) is 11.4 Å². The predicted molar refractivity (Wildman–Crippen MR) is 78.7 cm³/mol. The van der Waals surface area contributed by atoms with Crippen LogP contribution >= 0.6 is 11.8 Å². The fraction of sp³-hybridized carbons (Fsp3) is 0. The number of aromatic nitrogens is 2. The third kappa shape index (κ3) is 2.66. The van der Waals surface area contributed by atoms with Gasteiger partial charge in [-0.1, -0.05) is 11.8 Å². The number of benzene rings is 1. The zero-order valence-electron chi connectivity index (χ0n) is 10.7. The summed E-state index contributed by atoms with van der Waals surface area (Å²) in [5, 5.41) is 20.0. The summed E-state index contributed by atoms with van der Waals surface area (Å²) < 4.78 is 0. The Morgan fingerprint density at radius 2 is 1.86 bits per heavy atom. The van der Waals surface area contributed by atoms with E-state index < -0.39 is 5.97 Å².